The van der Waals surface area contributed by atoms with Gasteiger partial charge in [-0.1, -0.05) is 11.2 Å². The van der Waals surface area contributed by atoms with Crippen LogP contribution in [0, 0.1) is 0 Å². The minimum atomic E-state index is 0.360. The molecule has 2 N–H and O–H groups in total. The summed E-state index contributed by atoms with van der Waals surface area (Å²) in [6.45, 7) is 1.39. The number of fused-ring (bicyclic) bond motifs is 1. The van der Waals surface area contributed by atoms with E-state index in [9.17, 15) is 0 Å². The Morgan fingerprint density at radius 2 is 2.25 bits per heavy atom. The fraction of sp³-hybridized carbons (Fsp3) is 0.167. The molecule has 1 aliphatic heterocycles. The van der Waals surface area contributed by atoms with Gasteiger partial charge in [0.15, 0.2) is 11.6 Å². The van der Waals surface area contributed by atoms with Crippen LogP contribution in [-0.4, -0.2) is 38.5 Å². The molecule has 3 aromatic rings. The number of hydrogen-bond donors (Lipinski definition) is 2. The number of benzene rings is 1. The normalized spacial score (nSPS) is 13.4. The molecule has 4 rings (SSSR count). The van der Waals surface area contributed by atoms with E-state index in [0.29, 0.717) is 24.1 Å². The second-order valence-corrected chi connectivity index (χ2v) is 4.21. The van der Waals surface area contributed by atoms with Crippen LogP contribution in [0.2, 0.25) is 0 Å². The molecular formula is C12H10N6O2. The van der Waals surface area contributed by atoms with Crippen LogP contribution < -0.4 is 10.1 Å². The van der Waals surface area contributed by atoms with Crippen LogP contribution in [-0.2, 0) is 0 Å². The van der Waals surface area contributed by atoms with Gasteiger partial charge in [0.1, 0.15) is 12.9 Å². The highest BCUT2D eigenvalue weighted by Gasteiger charge is 2.20. The van der Waals surface area contributed by atoms with Crippen molar-refractivity contribution in [2.75, 3.05) is 18.5 Å². The van der Waals surface area contributed by atoms with Crippen molar-refractivity contribution in [2.45, 2.75) is 0 Å². The molecule has 0 saturated carbocycles. The Kier molecular flexibility index (Phi) is 2.38. The Bertz CT molecular complexity index is 736. The van der Waals surface area contributed by atoms with Gasteiger partial charge < -0.3 is 14.6 Å². The minimum Gasteiger partial charge on any atom is -0.489 e. The highest BCUT2D eigenvalue weighted by molar-refractivity contribution is 5.75. The Morgan fingerprint density at radius 3 is 3.15 bits per heavy atom. The van der Waals surface area contributed by atoms with Gasteiger partial charge in [-0.2, -0.15) is 10.1 Å². The summed E-state index contributed by atoms with van der Waals surface area (Å²) in [5.74, 6) is 1.94. The van der Waals surface area contributed by atoms with Gasteiger partial charge in [-0.05, 0) is 12.1 Å². The Balaban J connectivity index is 1.78. The largest absolute Gasteiger partial charge is 0.489 e. The van der Waals surface area contributed by atoms with Gasteiger partial charge in [-0.3, -0.25) is 5.10 Å². The van der Waals surface area contributed by atoms with Crippen molar-refractivity contribution in [1.29, 1.82) is 0 Å². The van der Waals surface area contributed by atoms with Crippen molar-refractivity contribution in [2.24, 2.45) is 0 Å². The Hall–Kier alpha value is -2.90. The summed E-state index contributed by atoms with van der Waals surface area (Å²) in [5.41, 5.74) is 1.68. The van der Waals surface area contributed by atoms with Gasteiger partial charge in [0.25, 0.3) is 5.89 Å². The number of para-hydroxylation sites is 1. The van der Waals surface area contributed by atoms with E-state index < -0.39 is 0 Å². The summed E-state index contributed by atoms with van der Waals surface area (Å²) in [6.07, 6.45) is 1.39. The molecule has 8 heteroatoms. The fourth-order valence-electron chi connectivity index (χ4n) is 2.08. The molecule has 2 aromatic heterocycles. The number of anilines is 1. The van der Waals surface area contributed by atoms with Gasteiger partial charge in [-0.15, -0.1) is 0 Å². The van der Waals surface area contributed by atoms with E-state index >= 15 is 0 Å². The Labute approximate surface area is 113 Å². The summed E-state index contributed by atoms with van der Waals surface area (Å²) in [4.78, 5) is 8.30. The van der Waals surface area contributed by atoms with Crippen LogP contribution in [0.3, 0.4) is 0 Å². The van der Waals surface area contributed by atoms with Crippen LogP contribution in [0.25, 0.3) is 23.1 Å². The van der Waals surface area contributed by atoms with E-state index in [-0.39, 0.29) is 0 Å². The molecule has 0 amide bonds. The predicted octanol–water partition coefficient (Wildman–Crippen LogP) is 1.33. The molecule has 20 heavy (non-hydrogen) atoms. The van der Waals surface area contributed by atoms with E-state index in [1.165, 1.54) is 6.33 Å². The van der Waals surface area contributed by atoms with Crippen molar-refractivity contribution in [3.63, 3.8) is 0 Å². The average molecular weight is 270 g/mol. The van der Waals surface area contributed by atoms with Gasteiger partial charge in [-0.25, -0.2) is 4.98 Å². The molecule has 0 saturated heterocycles. The maximum atomic E-state index is 5.68. The summed E-state index contributed by atoms with van der Waals surface area (Å²) in [6, 6.07) is 5.74. The van der Waals surface area contributed by atoms with E-state index in [4.69, 9.17) is 9.26 Å². The lowest BCUT2D eigenvalue weighted by molar-refractivity contribution is 0.322. The van der Waals surface area contributed by atoms with Crippen molar-refractivity contribution in [1.82, 2.24) is 25.3 Å². The lowest BCUT2D eigenvalue weighted by Crippen LogP contribution is -2.18. The maximum absolute atomic E-state index is 5.68. The van der Waals surface area contributed by atoms with E-state index in [1.54, 1.807) is 0 Å². The maximum Gasteiger partial charge on any atom is 0.262 e. The smallest absolute Gasteiger partial charge is 0.262 e. The van der Waals surface area contributed by atoms with Gasteiger partial charge in [0, 0.05) is 6.54 Å². The summed E-state index contributed by atoms with van der Waals surface area (Å²) in [7, 11) is 0. The first-order valence-electron chi connectivity index (χ1n) is 6.11. The lowest BCUT2D eigenvalue weighted by Gasteiger charge is -2.20. The first-order valence-corrected chi connectivity index (χ1v) is 6.11. The van der Waals surface area contributed by atoms with E-state index in [0.717, 1.165) is 23.5 Å². The molecule has 100 valence electrons. The van der Waals surface area contributed by atoms with Crippen molar-refractivity contribution in [3.8, 4) is 28.9 Å². The Morgan fingerprint density at radius 1 is 1.25 bits per heavy atom. The third-order valence-corrected chi connectivity index (χ3v) is 2.96. The first kappa shape index (κ1) is 11.0. The highest BCUT2D eigenvalue weighted by atomic mass is 16.5. The third-order valence-electron chi connectivity index (χ3n) is 2.96. The number of rotatable bonds is 2. The van der Waals surface area contributed by atoms with Gasteiger partial charge in [0.2, 0.25) is 5.82 Å². The van der Waals surface area contributed by atoms with Crippen LogP contribution >= 0.6 is 0 Å². The molecule has 0 fully saturated rings. The van der Waals surface area contributed by atoms with Gasteiger partial charge >= 0.3 is 0 Å². The number of H-pyrrole nitrogens is 1. The molecular weight excluding hydrogens is 260 g/mol. The van der Waals surface area contributed by atoms with E-state index in [2.05, 4.69) is 30.6 Å². The van der Waals surface area contributed by atoms with Crippen LogP contribution in [0.15, 0.2) is 29.0 Å². The second kappa shape index (κ2) is 4.34. The first-order chi connectivity index (χ1) is 9.92. The standard InChI is InChI=1S/C12H10N6O2/c1-2-7(9-8(3-1)13-4-5-19-9)12-16-11(18-20-12)10-14-6-15-17-10/h1-3,6,13H,4-5H2,(H,14,15,17). The molecule has 0 radical (unpaired) electrons. The van der Waals surface area contributed by atoms with Crippen molar-refractivity contribution >= 4 is 5.69 Å². The molecule has 3 heterocycles. The number of nitrogens with zero attached hydrogens (tertiary/aromatic N) is 4. The van der Waals surface area contributed by atoms with Crippen LogP contribution in [0.1, 0.15) is 0 Å². The van der Waals surface area contributed by atoms with Crippen molar-refractivity contribution < 1.29 is 9.26 Å². The zero-order chi connectivity index (χ0) is 13.4. The van der Waals surface area contributed by atoms with Gasteiger partial charge in [0.05, 0.1) is 11.3 Å². The molecule has 1 aliphatic rings. The number of aromatic nitrogens is 5. The molecule has 8 nitrogen and oxygen atoms in total. The monoisotopic (exact) mass is 270 g/mol. The topological polar surface area (TPSA) is 102 Å². The van der Waals surface area contributed by atoms with Crippen molar-refractivity contribution in [3.05, 3.63) is 24.5 Å². The highest BCUT2D eigenvalue weighted by Crippen LogP contribution is 2.37. The molecule has 0 atom stereocenters. The molecule has 0 spiro atoms. The zero-order valence-corrected chi connectivity index (χ0v) is 10.3. The third kappa shape index (κ3) is 1.69. The summed E-state index contributed by atoms with van der Waals surface area (Å²) < 4.78 is 11.0. The minimum absolute atomic E-state index is 0.360. The number of nitrogens with one attached hydrogen (secondary N) is 2. The van der Waals surface area contributed by atoms with E-state index in [1.807, 2.05) is 18.2 Å². The fourth-order valence-corrected chi connectivity index (χ4v) is 2.08. The van der Waals surface area contributed by atoms with Crippen LogP contribution in [0.4, 0.5) is 5.69 Å². The van der Waals surface area contributed by atoms with Crippen LogP contribution in [0.5, 0.6) is 5.75 Å². The molecule has 0 unspecified atom stereocenters. The average Bonchev–Trinajstić information content (AvgIpc) is 3.17. The molecule has 0 bridgehead atoms. The second-order valence-electron chi connectivity index (χ2n) is 4.21. The number of aromatic amines is 1. The number of hydrogen-bond acceptors (Lipinski definition) is 7. The SMILES string of the molecule is c1cc2c(c(-c3nc(-c4ncn[nH]4)no3)c1)OCCN2. The lowest BCUT2D eigenvalue weighted by atomic mass is 10.1. The number of ether oxygens (including phenoxy) is 1. The summed E-state index contributed by atoms with van der Waals surface area (Å²) in [5, 5.41) is 13.6. The predicted molar refractivity (Wildman–Crippen MR) is 69.1 cm³/mol. The molecule has 0 aliphatic carbocycles. The molecule has 1 aromatic carbocycles. The quantitative estimate of drug-likeness (QED) is 0.724. The zero-order valence-electron chi connectivity index (χ0n) is 10.3. The summed E-state index contributed by atoms with van der Waals surface area (Å²) >= 11 is 0.